The van der Waals surface area contributed by atoms with Gasteiger partial charge in [-0.25, -0.2) is 0 Å². The summed E-state index contributed by atoms with van der Waals surface area (Å²) in [6.45, 7) is 1.97. The Morgan fingerprint density at radius 1 is 1.67 bits per heavy atom. The molecule has 51 valence electrons. The molecule has 0 amide bonds. The SMILES string of the molecule is C[B]C1CC(OC)C1O. The molecular formula is C6H12BO2. The largest absolute Gasteiger partial charge is 0.391 e. The van der Waals surface area contributed by atoms with E-state index in [9.17, 15) is 5.11 Å². The van der Waals surface area contributed by atoms with Gasteiger partial charge in [0.1, 0.15) is 7.28 Å². The zero-order valence-corrected chi connectivity index (χ0v) is 5.87. The van der Waals surface area contributed by atoms with Gasteiger partial charge in [-0.2, -0.15) is 0 Å². The number of hydrogen-bond acceptors (Lipinski definition) is 2. The third-order valence-electron chi connectivity index (χ3n) is 2.05. The van der Waals surface area contributed by atoms with Crippen LogP contribution in [0, 0.1) is 0 Å². The van der Waals surface area contributed by atoms with Crippen molar-refractivity contribution in [3.8, 4) is 0 Å². The minimum absolute atomic E-state index is 0.0891. The first-order valence-electron chi connectivity index (χ1n) is 3.30. The van der Waals surface area contributed by atoms with Gasteiger partial charge in [-0.3, -0.25) is 0 Å². The van der Waals surface area contributed by atoms with Crippen LogP contribution >= 0.6 is 0 Å². The highest BCUT2D eigenvalue weighted by Gasteiger charge is 2.38. The molecule has 0 aromatic heterocycles. The van der Waals surface area contributed by atoms with Gasteiger partial charge < -0.3 is 9.84 Å². The Morgan fingerprint density at radius 3 is 2.67 bits per heavy atom. The lowest BCUT2D eigenvalue weighted by Gasteiger charge is -2.39. The standard InChI is InChI=1S/C6H12BO2/c1-7-4-3-5(9-2)6(4)8/h4-6,8H,3H2,1-2H3. The summed E-state index contributed by atoms with van der Waals surface area (Å²) in [6, 6.07) is 0. The van der Waals surface area contributed by atoms with Gasteiger partial charge in [-0.15, -0.1) is 0 Å². The molecule has 1 aliphatic rings. The average Bonchev–Trinajstić information content (AvgIpc) is 1.87. The Bertz CT molecular complexity index is 87.1. The van der Waals surface area contributed by atoms with Crippen molar-refractivity contribution in [1.82, 2.24) is 0 Å². The summed E-state index contributed by atoms with van der Waals surface area (Å²) in [5, 5.41) is 9.21. The van der Waals surface area contributed by atoms with E-state index in [1.54, 1.807) is 7.11 Å². The summed E-state index contributed by atoms with van der Waals surface area (Å²) in [6.07, 6.45) is 0.819. The summed E-state index contributed by atoms with van der Waals surface area (Å²) in [5.74, 6) is 0.370. The van der Waals surface area contributed by atoms with Crippen molar-refractivity contribution in [2.45, 2.75) is 31.3 Å². The van der Waals surface area contributed by atoms with E-state index >= 15 is 0 Å². The molecule has 0 heterocycles. The van der Waals surface area contributed by atoms with Gasteiger partial charge in [0.2, 0.25) is 0 Å². The van der Waals surface area contributed by atoms with Crippen molar-refractivity contribution < 1.29 is 9.84 Å². The van der Waals surface area contributed by atoms with Crippen LogP contribution in [0.2, 0.25) is 12.6 Å². The van der Waals surface area contributed by atoms with E-state index in [0.717, 1.165) is 6.42 Å². The van der Waals surface area contributed by atoms with E-state index in [1.165, 1.54) is 0 Å². The Balaban J connectivity index is 2.24. The minimum atomic E-state index is -0.250. The monoisotopic (exact) mass is 127 g/mol. The van der Waals surface area contributed by atoms with E-state index in [-0.39, 0.29) is 12.2 Å². The molecule has 3 heteroatoms. The summed E-state index contributed by atoms with van der Waals surface area (Å²) in [7, 11) is 3.67. The minimum Gasteiger partial charge on any atom is -0.391 e. The average molecular weight is 127 g/mol. The van der Waals surface area contributed by atoms with Crippen molar-refractivity contribution in [2.24, 2.45) is 0 Å². The summed E-state index contributed by atoms with van der Waals surface area (Å²) >= 11 is 0. The lowest BCUT2D eigenvalue weighted by atomic mass is 9.54. The van der Waals surface area contributed by atoms with Crippen LogP contribution in [0.15, 0.2) is 0 Å². The van der Waals surface area contributed by atoms with Crippen LogP contribution in [0.3, 0.4) is 0 Å². The van der Waals surface area contributed by atoms with E-state index < -0.39 is 0 Å². The van der Waals surface area contributed by atoms with Crippen LogP contribution in [0.25, 0.3) is 0 Å². The molecule has 1 N–H and O–H groups in total. The van der Waals surface area contributed by atoms with Gasteiger partial charge in [0.05, 0.1) is 12.2 Å². The lowest BCUT2D eigenvalue weighted by molar-refractivity contribution is -0.0756. The lowest BCUT2D eigenvalue weighted by Crippen LogP contribution is -2.45. The first-order chi connectivity index (χ1) is 4.29. The van der Waals surface area contributed by atoms with Gasteiger partial charge in [0.15, 0.2) is 0 Å². The number of ether oxygens (including phenoxy) is 1. The zero-order chi connectivity index (χ0) is 6.85. The maximum Gasteiger partial charge on any atom is 0.113 e. The molecule has 0 spiro atoms. The second kappa shape index (κ2) is 2.71. The fraction of sp³-hybridized carbons (Fsp3) is 1.00. The number of aliphatic hydroxyl groups excluding tert-OH is 1. The van der Waals surface area contributed by atoms with E-state index in [4.69, 9.17) is 4.74 Å². The van der Waals surface area contributed by atoms with Crippen LogP contribution in [0.4, 0.5) is 0 Å². The molecule has 0 bridgehead atoms. The van der Waals surface area contributed by atoms with Crippen molar-refractivity contribution in [3.63, 3.8) is 0 Å². The smallest absolute Gasteiger partial charge is 0.113 e. The van der Waals surface area contributed by atoms with Crippen LogP contribution in [-0.2, 0) is 4.74 Å². The van der Waals surface area contributed by atoms with Gasteiger partial charge in [-0.05, 0) is 12.2 Å². The maximum atomic E-state index is 9.21. The topological polar surface area (TPSA) is 29.5 Å². The molecule has 0 aliphatic heterocycles. The zero-order valence-electron chi connectivity index (χ0n) is 5.87. The predicted molar refractivity (Wildman–Crippen MR) is 36.8 cm³/mol. The van der Waals surface area contributed by atoms with Crippen LogP contribution in [-0.4, -0.2) is 31.7 Å². The quantitative estimate of drug-likeness (QED) is 0.540. The van der Waals surface area contributed by atoms with E-state index in [0.29, 0.717) is 5.82 Å². The Kier molecular flexibility index (Phi) is 2.14. The molecule has 2 nitrogen and oxygen atoms in total. The number of hydrogen-bond donors (Lipinski definition) is 1. The van der Waals surface area contributed by atoms with Crippen molar-refractivity contribution >= 4 is 7.28 Å². The summed E-state index contributed by atoms with van der Waals surface area (Å²) < 4.78 is 4.96. The highest BCUT2D eigenvalue weighted by molar-refractivity contribution is 6.36. The summed E-state index contributed by atoms with van der Waals surface area (Å²) in [4.78, 5) is 0. The predicted octanol–water partition coefficient (Wildman–Crippen LogP) is 0.307. The van der Waals surface area contributed by atoms with E-state index in [1.807, 2.05) is 14.1 Å². The fourth-order valence-corrected chi connectivity index (χ4v) is 1.20. The maximum absolute atomic E-state index is 9.21. The molecule has 3 atom stereocenters. The van der Waals surface area contributed by atoms with Crippen molar-refractivity contribution in [3.05, 3.63) is 0 Å². The van der Waals surface area contributed by atoms with Gasteiger partial charge in [0.25, 0.3) is 0 Å². The van der Waals surface area contributed by atoms with Crippen LogP contribution < -0.4 is 0 Å². The molecule has 1 aliphatic carbocycles. The molecule has 0 aromatic rings. The normalized spacial score (nSPS) is 41.9. The van der Waals surface area contributed by atoms with Crippen molar-refractivity contribution in [2.75, 3.05) is 7.11 Å². The van der Waals surface area contributed by atoms with Crippen molar-refractivity contribution in [1.29, 1.82) is 0 Å². The Labute approximate surface area is 56.5 Å². The van der Waals surface area contributed by atoms with Gasteiger partial charge in [0, 0.05) is 7.11 Å². The number of methoxy groups -OCH3 is 1. The molecule has 0 saturated heterocycles. The highest BCUT2D eigenvalue weighted by atomic mass is 16.5. The third-order valence-corrected chi connectivity index (χ3v) is 2.05. The molecule has 0 aromatic carbocycles. The van der Waals surface area contributed by atoms with Crippen LogP contribution in [0.5, 0.6) is 0 Å². The molecule has 1 fully saturated rings. The van der Waals surface area contributed by atoms with E-state index in [2.05, 4.69) is 0 Å². The van der Waals surface area contributed by atoms with Gasteiger partial charge in [-0.1, -0.05) is 6.82 Å². The second-order valence-corrected chi connectivity index (χ2v) is 2.50. The molecule has 1 radical (unpaired) electrons. The molecular weight excluding hydrogens is 115 g/mol. The highest BCUT2D eigenvalue weighted by Crippen LogP contribution is 2.34. The van der Waals surface area contributed by atoms with Gasteiger partial charge >= 0.3 is 0 Å². The molecule has 9 heavy (non-hydrogen) atoms. The Hall–Kier alpha value is -0.0151. The molecule has 3 unspecified atom stereocenters. The summed E-state index contributed by atoms with van der Waals surface area (Å²) in [5.41, 5.74) is 0. The van der Waals surface area contributed by atoms with Crippen LogP contribution in [0.1, 0.15) is 6.42 Å². The number of aliphatic hydroxyl groups is 1. The molecule has 1 rings (SSSR count). The number of rotatable bonds is 2. The first kappa shape index (κ1) is 7.10. The first-order valence-corrected chi connectivity index (χ1v) is 3.30. The molecule has 1 saturated carbocycles. The Morgan fingerprint density at radius 2 is 2.33 bits per heavy atom. The third kappa shape index (κ3) is 1.12. The second-order valence-electron chi connectivity index (χ2n) is 2.50. The fourth-order valence-electron chi connectivity index (χ4n) is 1.20.